The van der Waals surface area contributed by atoms with E-state index in [1.54, 1.807) is 35.3 Å². The summed E-state index contributed by atoms with van der Waals surface area (Å²) in [5.74, 6) is 0.393. The second-order valence-electron chi connectivity index (χ2n) is 8.31. The van der Waals surface area contributed by atoms with Crippen molar-refractivity contribution in [2.45, 2.75) is 52.7 Å². The van der Waals surface area contributed by atoms with Gasteiger partial charge in [-0.1, -0.05) is 19.1 Å². The molecular weight excluding hydrogens is 450 g/mol. The summed E-state index contributed by atoms with van der Waals surface area (Å²) in [6.45, 7) is 9.71. The minimum Gasteiger partial charge on any atom is -0.487 e. The molecule has 0 bridgehead atoms. The summed E-state index contributed by atoms with van der Waals surface area (Å²) in [5.41, 5.74) is 1.83. The number of carbonyl (C=O) groups is 2. The highest BCUT2D eigenvalue weighted by Crippen LogP contribution is 2.19. The van der Waals surface area contributed by atoms with Gasteiger partial charge in [-0.2, -0.15) is 0 Å². The van der Waals surface area contributed by atoms with Crippen LogP contribution in [-0.4, -0.2) is 65.5 Å². The zero-order valence-corrected chi connectivity index (χ0v) is 21.2. The van der Waals surface area contributed by atoms with Crippen LogP contribution in [0.15, 0.2) is 35.7 Å². The molecule has 1 saturated heterocycles. The number of nitrogens with zero attached hydrogens (tertiary/aromatic N) is 3. The van der Waals surface area contributed by atoms with E-state index in [1.807, 2.05) is 36.6 Å². The van der Waals surface area contributed by atoms with Gasteiger partial charge in [0.15, 0.2) is 0 Å². The van der Waals surface area contributed by atoms with Crippen LogP contribution >= 0.6 is 11.3 Å². The van der Waals surface area contributed by atoms with Crippen molar-refractivity contribution in [1.29, 1.82) is 0 Å². The molecule has 1 amide bonds. The molecule has 3 rings (SSSR count). The molecule has 8 heteroatoms. The van der Waals surface area contributed by atoms with Gasteiger partial charge in [-0.3, -0.25) is 14.5 Å². The lowest BCUT2D eigenvalue weighted by Gasteiger charge is -2.29. The van der Waals surface area contributed by atoms with Crippen LogP contribution in [0.3, 0.4) is 0 Å². The van der Waals surface area contributed by atoms with E-state index in [0.717, 1.165) is 47.9 Å². The molecule has 0 radical (unpaired) electrons. The highest BCUT2D eigenvalue weighted by atomic mass is 32.1. The summed E-state index contributed by atoms with van der Waals surface area (Å²) in [6, 6.07) is 7.95. The Morgan fingerprint density at radius 1 is 1.26 bits per heavy atom. The van der Waals surface area contributed by atoms with E-state index in [9.17, 15) is 9.59 Å². The highest BCUT2D eigenvalue weighted by molar-refractivity contribution is 7.09. The van der Waals surface area contributed by atoms with Gasteiger partial charge < -0.3 is 14.4 Å². The van der Waals surface area contributed by atoms with Crippen LogP contribution in [0.5, 0.6) is 5.75 Å². The number of hydrogen-bond donors (Lipinski definition) is 0. The average Bonchev–Trinajstić information content (AvgIpc) is 3.47. The molecule has 7 nitrogen and oxygen atoms in total. The number of carbonyl (C=O) groups excluding carboxylic acids is 2. The van der Waals surface area contributed by atoms with Crippen molar-refractivity contribution in [3.05, 3.63) is 52.0 Å². The fraction of sp³-hybridized carbons (Fsp3) is 0.500. The van der Waals surface area contributed by atoms with Crippen molar-refractivity contribution < 1.29 is 19.1 Å². The van der Waals surface area contributed by atoms with Crippen LogP contribution in [0.25, 0.3) is 6.08 Å². The molecule has 0 saturated carbocycles. The Kier molecular flexibility index (Phi) is 10.1. The molecule has 0 spiro atoms. The molecule has 0 aliphatic carbocycles. The molecule has 1 aromatic heterocycles. The van der Waals surface area contributed by atoms with Crippen molar-refractivity contribution in [3.8, 4) is 5.75 Å². The van der Waals surface area contributed by atoms with E-state index in [4.69, 9.17) is 9.47 Å². The average molecular weight is 486 g/mol. The van der Waals surface area contributed by atoms with Crippen molar-refractivity contribution in [2.24, 2.45) is 0 Å². The highest BCUT2D eigenvalue weighted by Gasteiger charge is 2.26. The molecule has 34 heavy (non-hydrogen) atoms. The molecule has 2 heterocycles. The van der Waals surface area contributed by atoms with Crippen molar-refractivity contribution in [1.82, 2.24) is 14.8 Å². The number of hydrogen-bond acceptors (Lipinski definition) is 7. The number of ether oxygens (including phenoxy) is 2. The third-order valence-corrected chi connectivity index (χ3v) is 6.71. The number of aromatic nitrogens is 1. The van der Waals surface area contributed by atoms with Crippen molar-refractivity contribution >= 4 is 29.3 Å². The van der Waals surface area contributed by atoms with Gasteiger partial charge in [-0.25, -0.2) is 4.98 Å². The van der Waals surface area contributed by atoms with Gasteiger partial charge in [0.25, 0.3) is 0 Å². The molecule has 0 N–H and O–H groups in total. The number of amides is 1. The van der Waals surface area contributed by atoms with Gasteiger partial charge in [-0.05, 0) is 63.6 Å². The van der Waals surface area contributed by atoms with Gasteiger partial charge in [0.1, 0.15) is 12.4 Å². The smallest absolute Gasteiger partial charge is 0.307 e. The predicted molar refractivity (Wildman–Crippen MR) is 135 cm³/mol. The second-order valence-corrected chi connectivity index (χ2v) is 9.38. The number of esters is 1. The summed E-state index contributed by atoms with van der Waals surface area (Å²) in [4.78, 5) is 33.5. The summed E-state index contributed by atoms with van der Waals surface area (Å²) in [6.07, 6.45) is 5.81. The van der Waals surface area contributed by atoms with E-state index in [1.165, 1.54) is 0 Å². The van der Waals surface area contributed by atoms with E-state index in [0.29, 0.717) is 32.3 Å². The molecule has 1 fully saturated rings. The third-order valence-electron chi connectivity index (χ3n) is 5.89. The molecule has 184 valence electrons. The number of likely N-dealkylation sites (N-methyl/N-ethyl adjacent to an activating group) is 1. The monoisotopic (exact) mass is 485 g/mol. The van der Waals surface area contributed by atoms with Crippen molar-refractivity contribution in [3.63, 3.8) is 0 Å². The maximum Gasteiger partial charge on any atom is 0.307 e. The van der Waals surface area contributed by atoms with Gasteiger partial charge in [0.2, 0.25) is 5.91 Å². The summed E-state index contributed by atoms with van der Waals surface area (Å²) < 4.78 is 10.8. The van der Waals surface area contributed by atoms with Crippen LogP contribution < -0.4 is 4.74 Å². The Labute approximate surface area is 206 Å². The number of likely N-dealkylation sites (tertiary alicyclic amines) is 1. The van der Waals surface area contributed by atoms with Crippen LogP contribution in [-0.2, 0) is 20.9 Å². The zero-order valence-electron chi connectivity index (χ0n) is 20.4. The SMILES string of the molecule is CCOC(=O)CCN(C[C@H]1CCCN1CC)C(=O)/C=C/c1ccc(OCc2csc(C)n2)cc1. The normalized spacial score (nSPS) is 16.1. The fourth-order valence-corrected chi connectivity index (χ4v) is 4.70. The first-order valence-corrected chi connectivity index (χ1v) is 12.9. The van der Waals surface area contributed by atoms with E-state index >= 15 is 0 Å². The van der Waals surface area contributed by atoms with Gasteiger partial charge >= 0.3 is 5.97 Å². The molecular formula is C26H35N3O4S. The van der Waals surface area contributed by atoms with Crippen LogP contribution in [0, 0.1) is 6.92 Å². The van der Waals surface area contributed by atoms with Crippen LogP contribution in [0.4, 0.5) is 0 Å². The Hall–Kier alpha value is -2.71. The summed E-state index contributed by atoms with van der Waals surface area (Å²) >= 11 is 1.61. The molecule has 1 aromatic carbocycles. The molecule has 1 aliphatic heterocycles. The first-order valence-electron chi connectivity index (χ1n) is 12.0. The number of benzene rings is 1. The Balaban J connectivity index is 1.58. The number of thiazole rings is 1. The summed E-state index contributed by atoms with van der Waals surface area (Å²) in [7, 11) is 0. The fourth-order valence-electron chi connectivity index (χ4n) is 4.10. The van der Waals surface area contributed by atoms with E-state index in [-0.39, 0.29) is 18.3 Å². The second kappa shape index (κ2) is 13.2. The summed E-state index contributed by atoms with van der Waals surface area (Å²) in [5, 5.41) is 3.02. The lowest BCUT2D eigenvalue weighted by Crippen LogP contribution is -2.43. The standard InChI is InChI=1S/C26H35N3O4S/c1-4-28-15-6-7-23(28)17-29(16-14-26(31)32-5-2)25(30)13-10-21-8-11-24(12-9-21)33-18-22-19-34-20(3)27-22/h8-13,19,23H,4-7,14-18H2,1-3H3/b13-10+/t23-/m1/s1. The first kappa shape index (κ1) is 25.9. The Bertz CT molecular complexity index is 957. The van der Waals surface area contributed by atoms with Crippen LogP contribution in [0.2, 0.25) is 0 Å². The lowest BCUT2D eigenvalue weighted by atomic mass is 10.1. The maximum absolute atomic E-state index is 13.0. The van der Waals surface area contributed by atoms with E-state index < -0.39 is 0 Å². The Morgan fingerprint density at radius 2 is 2.06 bits per heavy atom. The quantitative estimate of drug-likeness (QED) is 0.330. The Morgan fingerprint density at radius 3 is 2.74 bits per heavy atom. The van der Waals surface area contributed by atoms with Crippen molar-refractivity contribution in [2.75, 3.05) is 32.8 Å². The molecule has 2 aromatic rings. The van der Waals surface area contributed by atoms with Gasteiger partial charge in [0.05, 0.1) is 23.7 Å². The van der Waals surface area contributed by atoms with Crippen LogP contribution in [0.1, 0.15) is 49.4 Å². The lowest BCUT2D eigenvalue weighted by molar-refractivity contribution is -0.143. The zero-order chi connectivity index (χ0) is 24.3. The molecule has 1 aliphatic rings. The van der Waals surface area contributed by atoms with Gasteiger partial charge in [0, 0.05) is 30.6 Å². The topological polar surface area (TPSA) is 72.0 Å². The number of aryl methyl sites for hydroxylation is 1. The largest absolute Gasteiger partial charge is 0.487 e. The number of rotatable bonds is 12. The predicted octanol–water partition coefficient (Wildman–Crippen LogP) is 4.31. The minimum absolute atomic E-state index is 0.0912. The van der Waals surface area contributed by atoms with Gasteiger partial charge in [-0.15, -0.1) is 11.3 Å². The first-order chi connectivity index (χ1) is 16.5. The molecule has 1 atom stereocenters. The minimum atomic E-state index is -0.272. The maximum atomic E-state index is 13.0. The van der Waals surface area contributed by atoms with E-state index in [2.05, 4.69) is 16.8 Å². The molecule has 0 unspecified atom stereocenters. The third kappa shape index (κ3) is 7.95.